The highest BCUT2D eigenvalue weighted by Crippen LogP contribution is 1.90. The van der Waals surface area contributed by atoms with Crippen LogP contribution in [0.25, 0.3) is 0 Å². The van der Waals surface area contributed by atoms with E-state index in [2.05, 4.69) is 4.84 Å². The molecule has 1 atom stereocenters. The van der Waals surface area contributed by atoms with Crippen molar-refractivity contribution in [1.29, 1.82) is 0 Å². The predicted octanol–water partition coefficient (Wildman–Crippen LogP) is -2.08. The van der Waals surface area contributed by atoms with E-state index in [9.17, 15) is 9.59 Å². The summed E-state index contributed by atoms with van der Waals surface area (Å²) < 4.78 is 0. The van der Waals surface area contributed by atoms with E-state index in [-0.39, 0.29) is 0 Å². The second kappa shape index (κ2) is 5.47. The zero-order valence-electron chi connectivity index (χ0n) is 6.40. The molecule has 0 rings (SSSR count). The molecule has 0 bridgehead atoms. The Kier molecular flexibility index (Phi) is 4.93. The number of amides is 2. The molecule has 0 aromatic carbocycles. The molecule has 0 aliphatic heterocycles. The van der Waals surface area contributed by atoms with E-state index in [0.29, 0.717) is 0 Å². The van der Waals surface area contributed by atoms with Crippen molar-refractivity contribution in [2.45, 2.75) is 12.5 Å². The van der Waals surface area contributed by atoms with Crippen LogP contribution in [0.3, 0.4) is 0 Å². The summed E-state index contributed by atoms with van der Waals surface area (Å²) in [4.78, 5) is 25.2. The Labute approximate surface area is 68.2 Å². The number of aliphatic hydroxyl groups excluding tert-OH is 1. The standard InChI is InChI=1S/C5H10N2O5/c1-12-7-5(10)3(8)2-4(9)6-11/h3,8,11H,2H2,1H3,(H,6,9)(H,7,10). The van der Waals surface area contributed by atoms with Crippen molar-refractivity contribution in [3.05, 3.63) is 0 Å². The summed E-state index contributed by atoms with van der Waals surface area (Å²) in [5.74, 6) is -1.70. The molecule has 0 saturated heterocycles. The van der Waals surface area contributed by atoms with Crippen molar-refractivity contribution in [2.75, 3.05) is 7.11 Å². The Hall–Kier alpha value is -1.18. The molecule has 0 aliphatic rings. The number of rotatable bonds is 4. The Morgan fingerprint density at radius 1 is 1.58 bits per heavy atom. The number of nitrogens with one attached hydrogen (secondary N) is 2. The first-order valence-corrected chi connectivity index (χ1v) is 3.05. The van der Waals surface area contributed by atoms with Crippen LogP contribution in [0.2, 0.25) is 0 Å². The van der Waals surface area contributed by atoms with Crippen LogP contribution in [0.5, 0.6) is 0 Å². The van der Waals surface area contributed by atoms with Crippen LogP contribution in [0.1, 0.15) is 6.42 Å². The van der Waals surface area contributed by atoms with Gasteiger partial charge in [0.2, 0.25) is 5.91 Å². The average Bonchev–Trinajstić information content (AvgIpc) is 2.04. The smallest absolute Gasteiger partial charge is 0.272 e. The summed E-state index contributed by atoms with van der Waals surface area (Å²) in [6.07, 6.45) is -2.05. The van der Waals surface area contributed by atoms with E-state index < -0.39 is 24.3 Å². The molecule has 0 radical (unpaired) electrons. The molecule has 7 heteroatoms. The van der Waals surface area contributed by atoms with Gasteiger partial charge in [0.15, 0.2) is 0 Å². The number of hydroxylamine groups is 2. The van der Waals surface area contributed by atoms with Gasteiger partial charge in [0.1, 0.15) is 6.10 Å². The Bertz CT molecular complexity index is 171. The van der Waals surface area contributed by atoms with E-state index >= 15 is 0 Å². The molecule has 7 nitrogen and oxygen atoms in total. The van der Waals surface area contributed by atoms with Crippen LogP contribution in [-0.2, 0) is 14.4 Å². The van der Waals surface area contributed by atoms with Gasteiger partial charge < -0.3 is 5.11 Å². The summed E-state index contributed by atoms with van der Waals surface area (Å²) in [7, 11) is 1.19. The monoisotopic (exact) mass is 178 g/mol. The number of aliphatic hydroxyl groups is 1. The lowest BCUT2D eigenvalue weighted by atomic mass is 10.2. The fourth-order valence-corrected chi connectivity index (χ4v) is 0.483. The second-order valence-electron chi connectivity index (χ2n) is 1.93. The van der Waals surface area contributed by atoms with E-state index in [1.165, 1.54) is 12.6 Å². The molecule has 12 heavy (non-hydrogen) atoms. The minimum atomic E-state index is -1.53. The Morgan fingerprint density at radius 3 is 2.58 bits per heavy atom. The largest absolute Gasteiger partial charge is 0.383 e. The van der Waals surface area contributed by atoms with Gasteiger partial charge in [-0.3, -0.25) is 19.6 Å². The van der Waals surface area contributed by atoms with Crippen molar-refractivity contribution < 1.29 is 24.7 Å². The highest BCUT2D eigenvalue weighted by molar-refractivity contribution is 5.86. The summed E-state index contributed by atoms with van der Waals surface area (Å²) in [5.41, 5.74) is 3.10. The fourth-order valence-electron chi connectivity index (χ4n) is 0.483. The first-order valence-electron chi connectivity index (χ1n) is 3.05. The van der Waals surface area contributed by atoms with Gasteiger partial charge in [-0.05, 0) is 0 Å². The van der Waals surface area contributed by atoms with Crippen LogP contribution < -0.4 is 11.0 Å². The minimum Gasteiger partial charge on any atom is -0.383 e. The molecule has 0 aromatic heterocycles. The predicted molar refractivity (Wildman–Crippen MR) is 35.7 cm³/mol. The van der Waals surface area contributed by atoms with E-state index in [1.54, 1.807) is 0 Å². The van der Waals surface area contributed by atoms with Gasteiger partial charge in [0.25, 0.3) is 5.91 Å². The first kappa shape index (κ1) is 10.8. The van der Waals surface area contributed by atoms with Gasteiger partial charge in [-0.25, -0.2) is 11.0 Å². The zero-order chi connectivity index (χ0) is 9.56. The average molecular weight is 178 g/mol. The van der Waals surface area contributed by atoms with Crippen LogP contribution in [0.15, 0.2) is 0 Å². The molecule has 0 spiro atoms. The van der Waals surface area contributed by atoms with Gasteiger partial charge in [0, 0.05) is 0 Å². The number of carbonyl (C=O) groups excluding carboxylic acids is 2. The quantitative estimate of drug-likeness (QED) is 0.292. The highest BCUT2D eigenvalue weighted by atomic mass is 16.6. The van der Waals surface area contributed by atoms with Crippen LogP contribution in [0.4, 0.5) is 0 Å². The highest BCUT2D eigenvalue weighted by Gasteiger charge is 2.18. The number of hydrogen-bond donors (Lipinski definition) is 4. The molecule has 2 amide bonds. The third-order valence-electron chi connectivity index (χ3n) is 1.01. The third-order valence-corrected chi connectivity index (χ3v) is 1.01. The third kappa shape index (κ3) is 3.86. The molecule has 0 aromatic rings. The maximum absolute atomic E-state index is 10.6. The Balaban J connectivity index is 3.78. The topological polar surface area (TPSA) is 108 Å². The minimum absolute atomic E-state index is 0.522. The van der Waals surface area contributed by atoms with Crippen LogP contribution in [-0.4, -0.2) is 35.3 Å². The van der Waals surface area contributed by atoms with Crippen molar-refractivity contribution >= 4 is 11.8 Å². The summed E-state index contributed by atoms with van der Waals surface area (Å²) >= 11 is 0. The lowest BCUT2D eigenvalue weighted by Gasteiger charge is -2.07. The Morgan fingerprint density at radius 2 is 2.17 bits per heavy atom. The van der Waals surface area contributed by atoms with Gasteiger partial charge >= 0.3 is 0 Å². The molecular weight excluding hydrogens is 168 g/mol. The first-order chi connectivity index (χ1) is 5.61. The number of carbonyl (C=O) groups is 2. The molecule has 70 valence electrons. The van der Waals surface area contributed by atoms with E-state index in [4.69, 9.17) is 10.3 Å². The summed E-state index contributed by atoms with van der Waals surface area (Å²) in [5, 5.41) is 16.9. The second-order valence-corrected chi connectivity index (χ2v) is 1.93. The number of hydrogen-bond acceptors (Lipinski definition) is 5. The fraction of sp³-hybridized carbons (Fsp3) is 0.600. The summed E-state index contributed by atoms with van der Waals surface area (Å²) in [6, 6.07) is 0. The van der Waals surface area contributed by atoms with Crippen molar-refractivity contribution in [3.63, 3.8) is 0 Å². The molecule has 0 saturated carbocycles. The molecular formula is C5H10N2O5. The zero-order valence-corrected chi connectivity index (χ0v) is 6.40. The maximum atomic E-state index is 10.6. The lowest BCUT2D eigenvalue weighted by molar-refractivity contribution is -0.144. The summed E-state index contributed by atoms with van der Waals surface area (Å²) in [6.45, 7) is 0. The van der Waals surface area contributed by atoms with E-state index in [1.807, 2.05) is 5.48 Å². The molecule has 4 N–H and O–H groups in total. The molecule has 0 fully saturated rings. The van der Waals surface area contributed by atoms with Crippen molar-refractivity contribution in [3.8, 4) is 0 Å². The maximum Gasteiger partial charge on any atom is 0.272 e. The van der Waals surface area contributed by atoms with Gasteiger partial charge in [-0.2, -0.15) is 0 Å². The van der Waals surface area contributed by atoms with Gasteiger partial charge in [-0.15, -0.1) is 0 Å². The van der Waals surface area contributed by atoms with Gasteiger partial charge in [0.05, 0.1) is 13.5 Å². The molecule has 0 heterocycles. The van der Waals surface area contributed by atoms with Crippen molar-refractivity contribution in [2.24, 2.45) is 0 Å². The molecule has 0 aliphatic carbocycles. The normalized spacial score (nSPS) is 11.9. The van der Waals surface area contributed by atoms with Gasteiger partial charge in [-0.1, -0.05) is 0 Å². The van der Waals surface area contributed by atoms with Crippen LogP contribution in [0, 0.1) is 0 Å². The van der Waals surface area contributed by atoms with Crippen molar-refractivity contribution in [1.82, 2.24) is 11.0 Å². The SMILES string of the molecule is CONC(=O)C(O)CC(=O)NO. The lowest BCUT2D eigenvalue weighted by Crippen LogP contribution is -2.37. The van der Waals surface area contributed by atoms with Crippen LogP contribution >= 0.6 is 0 Å². The molecule has 1 unspecified atom stereocenters. The van der Waals surface area contributed by atoms with E-state index in [0.717, 1.165) is 0 Å².